The lowest BCUT2D eigenvalue weighted by Gasteiger charge is -2.02. The van der Waals surface area contributed by atoms with Gasteiger partial charge in [0.05, 0.1) is 11.6 Å². The van der Waals surface area contributed by atoms with Crippen LogP contribution in [-0.2, 0) is 0 Å². The number of nitrogens with two attached hydrogens (primary N) is 1. The summed E-state index contributed by atoms with van der Waals surface area (Å²) in [6.07, 6.45) is 0. The van der Waals surface area contributed by atoms with Gasteiger partial charge in [-0.3, -0.25) is 10.2 Å². The van der Waals surface area contributed by atoms with Gasteiger partial charge in [-0.25, -0.2) is 5.84 Å². The van der Waals surface area contributed by atoms with Crippen LogP contribution in [-0.4, -0.2) is 5.91 Å². The number of nitrogen functional groups attached to an aromatic ring is 1. The van der Waals surface area contributed by atoms with Crippen molar-refractivity contribution in [1.82, 2.24) is 5.43 Å². The molecule has 0 saturated carbocycles. The van der Waals surface area contributed by atoms with Crippen LogP contribution in [0.3, 0.4) is 0 Å². The molecule has 0 radical (unpaired) electrons. The number of hydrogen-bond donors (Lipinski definition) is 2. The molecule has 4 nitrogen and oxygen atoms in total. The Morgan fingerprint density at radius 3 is 2.56 bits per heavy atom. The van der Waals surface area contributed by atoms with Gasteiger partial charge in [-0.2, -0.15) is 5.26 Å². The van der Waals surface area contributed by atoms with E-state index in [0.29, 0.717) is 11.1 Å². The van der Waals surface area contributed by atoms with Gasteiger partial charge >= 0.3 is 0 Å². The maximum atomic E-state index is 11.3. The summed E-state index contributed by atoms with van der Waals surface area (Å²) in [5.41, 5.74) is 3.18. The maximum absolute atomic E-state index is 11.3. The average Bonchev–Trinajstić information content (AvgIpc) is 2.36. The lowest BCUT2D eigenvalue weighted by molar-refractivity contribution is 0.0954. The van der Waals surface area contributed by atoms with E-state index in [9.17, 15) is 4.79 Å². The molecule has 1 amide bonds. The van der Waals surface area contributed by atoms with Gasteiger partial charge in [0.2, 0.25) is 0 Å². The van der Waals surface area contributed by atoms with Crippen molar-refractivity contribution in [2.75, 3.05) is 0 Å². The highest BCUT2D eigenvalue weighted by molar-refractivity contribution is 5.98. The summed E-state index contributed by atoms with van der Waals surface area (Å²) in [6.45, 7) is 0. The maximum Gasteiger partial charge on any atom is 0.265 e. The van der Waals surface area contributed by atoms with E-state index in [1.165, 1.54) is 0 Å². The minimum atomic E-state index is -0.328. The number of hydrazine groups is 1. The van der Waals surface area contributed by atoms with Gasteiger partial charge in [0.25, 0.3) is 5.91 Å². The van der Waals surface area contributed by atoms with E-state index >= 15 is 0 Å². The Morgan fingerprint density at radius 2 is 1.88 bits per heavy atom. The largest absolute Gasteiger partial charge is 0.290 e. The summed E-state index contributed by atoms with van der Waals surface area (Å²) in [6, 6.07) is 12.6. The number of benzene rings is 2. The summed E-state index contributed by atoms with van der Waals surface area (Å²) in [7, 11) is 0. The third kappa shape index (κ3) is 1.72. The smallest absolute Gasteiger partial charge is 0.265 e. The molecule has 0 fully saturated rings. The Balaban J connectivity index is 2.57. The van der Waals surface area contributed by atoms with Gasteiger partial charge in [-0.05, 0) is 35.0 Å². The summed E-state index contributed by atoms with van der Waals surface area (Å²) < 4.78 is 0. The van der Waals surface area contributed by atoms with Crippen molar-refractivity contribution in [3.8, 4) is 6.07 Å². The van der Waals surface area contributed by atoms with Crippen molar-refractivity contribution in [2.24, 2.45) is 5.84 Å². The summed E-state index contributed by atoms with van der Waals surface area (Å²) in [5, 5.41) is 10.6. The number of rotatable bonds is 1. The van der Waals surface area contributed by atoms with E-state index < -0.39 is 0 Å². The lowest BCUT2D eigenvalue weighted by atomic mass is 10.0. The highest BCUT2D eigenvalue weighted by atomic mass is 16.2. The van der Waals surface area contributed by atoms with E-state index in [2.05, 4.69) is 11.5 Å². The third-order valence-electron chi connectivity index (χ3n) is 2.36. The number of carbonyl (C=O) groups excluding carboxylic acids is 1. The van der Waals surface area contributed by atoms with E-state index in [-0.39, 0.29) is 5.91 Å². The standard InChI is InChI=1S/C12H9N3O/c13-7-8-1-2-10-6-11(12(16)15-14)4-3-9(10)5-8/h1-6H,14H2,(H,15,16). The van der Waals surface area contributed by atoms with Crippen LogP contribution in [0.25, 0.3) is 10.8 Å². The molecule has 78 valence electrons. The first kappa shape index (κ1) is 10.1. The number of nitrogens with one attached hydrogen (secondary N) is 1. The Bertz CT molecular complexity index is 599. The Hall–Kier alpha value is -2.38. The van der Waals surface area contributed by atoms with E-state index in [1.54, 1.807) is 36.4 Å². The van der Waals surface area contributed by atoms with Crippen LogP contribution in [0, 0.1) is 11.3 Å². The van der Waals surface area contributed by atoms with Gasteiger partial charge in [0, 0.05) is 5.56 Å². The topological polar surface area (TPSA) is 78.9 Å². The molecule has 0 bridgehead atoms. The predicted molar refractivity (Wildman–Crippen MR) is 60.3 cm³/mol. The summed E-state index contributed by atoms with van der Waals surface area (Å²) in [5.74, 6) is 4.72. The summed E-state index contributed by atoms with van der Waals surface area (Å²) >= 11 is 0. The van der Waals surface area contributed by atoms with Crippen LogP contribution in [0.5, 0.6) is 0 Å². The minimum absolute atomic E-state index is 0.328. The number of hydrogen-bond acceptors (Lipinski definition) is 3. The Morgan fingerprint density at radius 1 is 1.19 bits per heavy atom. The third-order valence-corrected chi connectivity index (χ3v) is 2.36. The molecular formula is C12H9N3O. The molecule has 0 aromatic heterocycles. The van der Waals surface area contributed by atoms with Crippen molar-refractivity contribution in [1.29, 1.82) is 5.26 Å². The van der Waals surface area contributed by atoms with Crippen LogP contribution in [0.1, 0.15) is 15.9 Å². The molecule has 3 N–H and O–H groups in total. The van der Waals surface area contributed by atoms with Gasteiger partial charge in [-0.15, -0.1) is 0 Å². The SMILES string of the molecule is N#Cc1ccc2cc(C(=O)NN)ccc2c1. The summed E-state index contributed by atoms with van der Waals surface area (Å²) in [4.78, 5) is 11.3. The average molecular weight is 211 g/mol. The zero-order chi connectivity index (χ0) is 11.5. The fraction of sp³-hybridized carbons (Fsp3) is 0. The zero-order valence-electron chi connectivity index (χ0n) is 8.40. The van der Waals surface area contributed by atoms with Gasteiger partial charge < -0.3 is 0 Å². The fourth-order valence-electron chi connectivity index (χ4n) is 1.54. The molecule has 0 heterocycles. The normalized spacial score (nSPS) is 9.75. The van der Waals surface area contributed by atoms with Crippen molar-refractivity contribution < 1.29 is 4.79 Å². The molecule has 0 spiro atoms. The highest BCUT2D eigenvalue weighted by Gasteiger charge is 2.04. The van der Waals surface area contributed by atoms with Crippen LogP contribution < -0.4 is 11.3 Å². The second kappa shape index (κ2) is 4.01. The van der Waals surface area contributed by atoms with Crippen LogP contribution in [0.4, 0.5) is 0 Å². The van der Waals surface area contributed by atoms with Gasteiger partial charge in [-0.1, -0.05) is 12.1 Å². The Kier molecular flexibility index (Phi) is 2.54. The van der Waals surface area contributed by atoms with Crippen LogP contribution in [0.2, 0.25) is 0 Å². The molecule has 2 rings (SSSR count). The second-order valence-electron chi connectivity index (χ2n) is 3.36. The first-order valence-electron chi connectivity index (χ1n) is 4.69. The molecule has 0 atom stereocenters. The number of amides is 1. The molecule has 2 aromatic rings. The molecule has 4 heteroatoms. The number of nitriles is 1. The second-order valence-corrected chi connectivity index (χ2v) is 3.36. The first-order chi connectivity index (χ1) is 7.74. The van der Waals surface area contributed by atoms with Gasteiger partial charge in [0.1, 0.15) is 0 Å². The fourth-order valence-corrected chi connectivity index (χ4v) is 1.54. The Labute approximate surface area is 92.3 Å². The molecular weight excluding hydrogens is 202 g/mol. The molecule has 16 heavy (non-hydrogen) atoms. The van der Waals surface area contributed by atoms with Crippen molar-refractivity contribution in [2.45, 2.75) is 0 Å². The molecule has 0 unspecified atom stereocenters. The molecule has 0 aliphatic rings. The van der Waals surface area contributed by atoms with Crippen molar-refractivity contribution in [3.63, 3.8) is 0 Å². The lowest BCUT2D eigenvalue weighted by Crippen LogP contribution is -2.29. The van der Waals surface area contributed by atoms with E-state index in [0.717, 1.165) is 10.8 Å². The molecule has 0 saturated heterocycles. The number of fused-ring (bicyclic) bond motifs is 1. The quantitative estimate of drug-likeness (QED) is 0.424. The van der Waals surface area contributed by atoms with E-state index in [4.69, 9.17) is 11.1 Å². The predicted octanol–water partition coefficient (Wildman–Crippen LogP) is 1.31. The molecule has 0 aliphatic heterocycles. The first-order valence-corrected chi connectivity index (χ1v) is 4.69. The zero-order valence-corrected chi connectivity index (χ0v) is 8.40. The van der Waals surface area contributed by atoms with Gasteiger partial charge in [0.15, 0.2) is 0 Å². The minimum Gasteiger partial charge on any atom is -0.290 e. The van der Waals surface area contributed by atoms with E-state index in [1.807, 2.05) is 0 Å². The monoisotopic (exact) mass is 211 g/mol. The highest BCUT2D eigenvalue weighted by Crippen LogP contribution is 2.17. The molecule has 2 aromatic carbocycles. The number of nitrogens with zero attached hydrogens (tertiary/aromatic N) is 1. The van der Waals surface area contributed by atoms with Crippen molar-refractivity contribution in [3.05, 3.63) is 47.5 Å². The van der Waals surface area contributed by atoms with Crippen molar-refractivity contribution >= 4 is 16.7 Å². The molecule has 0 aliphatic carbocycles. The number of carbonyl (C=O) groups is 1. The van der Waals surface area contributed by atoms with Crippen LogP contribution in [0.15, 0.2) is 36.4 Å². The van der Waals surface area contributed by atoms with Crippen LogP contribution >= 0.6 is 0 Å².